The summed E-state index contributed by atoms with van der Waals surface area (Å²) < 4.78 is 85.0. The first-order valence-electron chi connectivity index (χ1n) is 29.0. The number of non-ortho nitro benzene ring substituents is 1. The number of esters is 1. The maximum atomic E-state index is 13.8. The minimum Gasteiger partial charge on any atom is -0.490 e. The number of nitrogens with zero attached hydrogens (tertiary/aromatic N) is 4. The molecule has 472 valence electrons. The molecule has 3 atom stereocenters. The fourth-order valence-electron chi connectivity index (χ4n) is 10.8. The number of nitro groups is 2. The molecule has 3 aliphatic heterocycles. The third kappa shape index (κ3) is 19.7. The molecule has 28 heteroatoms. The fraction of sp³-hybridized carbons (Fsp3) is 0.586. The van der Waals surface area contributed by atoms with Crippen LogP contribution in [0.4, 0.5) is 35.9 Å². The van der Waals surface area contributed by atoms with Crippen LogP contribution in [0.2, 0.25) is 0 Å². The molecule has 0 unspecified atom stereocenters. The summed E-state index contributed by atoms with van der Waals surface area (Å²) in [5, 5.41) is 34.6. The predicted octanol–water partition coefficient (Wildman–Crippen LogP) is 5.93. The Hall–Kier alpha value is -7.21. The van der Waals surface area contributed by atoms with Crippen molar-refractivity contribution in [2.75, 3.05) is 155 Å². The summed E-state index contributed by atoms with van der Waals surface area (Å²) in [5.41, 5.74) is 3.91. The van der Waals surface area contributed by atoms with Gasteiger partial charge in [0, 0.05) is 99.2 Å². The molecule has 0 saturated carbocycles. The van der Waals surface area contributed by atoms with Gasteiger partial charge in [-0.25, -0.2) is 4.79 Å². The zero-order valence-corrected chi connectivity index (χ0v) is 48.6. The van der Waals surface area contributed by atoms with E-state index >= 15 is 0 Å². The number of carbonyl (C=O) groups excluding carboxylic acids is 4. The smallest absolute Gasteiger partial charge is 0.490 e. The molecule has 2 saturated heterocycles. The minimum atomic E-state index is -5.12. The van der Waals surface area contributed by atoms with Crippen LogP contribution in [0, 0.1) is 39.0 Å². The third-order valence-corrected chi connectivity index (χ3v) is 15.4. The van der Waals surface area contributed by atoms with Crippen molar-refractivity contribution in [2.45, 2.75) is 63.6 Å². The number of piperidine rings is 2. The van der Waals surface area contributed by atoms with Crippen molar-refractivity contribution >= 4 is 57.3 Å². The first kappa shape index (κ1) is 66.3. The van der Waals surface area contributed by atoms with Gasteiger partial charge in [0.1, 0.15) is 29.8 Å². The van der Waals surface area contributed by atoms with Gasteiger partial charge in [0.25, 0.3) is 17.3 Å². The van der Waals surface area contributed by atoms with Crippen LogP contribution in [0.25, 0.3) is 10.9 Å². The van der Waals surface area contributed by atoms with Crippen LogP contribution in [-0.4, -0.2) is 205 Å². The molecule has 3 aliphatic rings. The number of amides is 3. The topological polar surface area (TPSA) is 299 Å². The number of nitrogens with one attached hydrogen (secondary N) is 5. The van der Waals surface area contributed by atoms with Gasteiger partial charge in [0.05, 0.1) is 95.2 Å². The van der Waals surface area contributed by atoms with E-state index in [1.807, 2.05) is 12.1 Å². The number of carbonyl (C=O) groups is 4. The maximum Gasteiger partial charge on any atom is 0.490 e. The molecule has 5 N–H and O–H groups in total. The van der Waals surface area contributed by atoms with E-state index < -0.39 is 33.8 Å². The third-order valence-electron chi connectivity index (χ3n) is 15.4. The van der Waals surface area contributed by atoms with E-state index in [-0.39, 0.29) is 151 Å². The molecule has 1 spiro atoms. The predicted molar refractivity (Wildman–Crippen MR) is 308 cm³/mol. The number of likely N-dealkylation sites (tertiary alicyclic amines) is 2. The Morgan fingerprint density at radius 3 is 1.94 bits per heavy atom. The molecule has 3 aromatic carbocycles. The number of alkyl halides is 3. The zero-order valence-electron chi connectivity index (χ0n) is 48.6. The average molecular weight is 1210 g/mol. The lowest BCUT2D eigenvalue weighted by Crippen LogP contribution is -2.53. The highest BCUT2D eigenvalue weighted by molar-refractivity contribution is 5.99. The van der Waals surface area contributed by atoms with Crippen molar-refractivity contribution < 1.29 is 80.1 Å². The molecule has 4 heterocycles. The van der Waals surface area contributed by atoms with E-state index in [2.05, 4.69) is 63.2 Å². The van der Waals surface area contributed by atoms with E-state index in [0.717, 1.165) is 24.7 Å². The first-order chi connectivity index (χ1) is 41.4. The van der Waals surface area contributed by atoms with Crippen LogP contribution < -0.4 is 26.0 Å². The number of hydrogen-bond donors (Lipinski definition) is 5. The second-order valence-electron chi connectivity index (χ2n) is 21.3. The van der Waals surface area contributed by atoms with Crippen LogP contribution in [0.5, 0.6) is 5.75 Å². The summed E-state index contributed by atoms with van der Waals surface area (Å²) in [7, 11) is 0. The van der Waals surface area contributed by atoms with Gasteiger partial charge in [-0.3, -0.25) is 39.5 Å². The molecule has 86 heavy (non-hydrogen) atoms. The number of ether oxygens (including phenoxy) is 8. The lowest BCUT2D eigenvalue weighted by Gasteiger charge is -2.46. The van der Waals surface area contributed by atoms with Gasteiger partial charge in [-0.1, -0.05) is 25.1 Å². The Balaban J connectivity index is 0.669. The Bertz CT molecular complexity index is 2890. The molecule has 7 rings (SSSR count). The summed E-state index contributed by atoms with van der Waals surface area (Å²) in [6.07, 6.45) is -4.53. The van der Waals surface area contributed by atoms with Gasteiger partial charge in [-0.2, -0.15) is 13.2 Å². The highest BCUT2D eigenvalue weighted by Crippen LogP contribution is 2.47. The normalized spacial score (nSPS) is 17.5. The van der Waals surface area contributed by atoms with Gasteiger partial charge in [-0.15, -0.1) is 0 Å². The number of halogens is 3. The summed E-state index contributed by atoms with van der Waals surface area (Å²) in [4.78, 5) is 78.1. The lowest BCUT2D eigenvalue weighted by molar-refractivity contribution is -0.393. The van der Waals surface area contributed by atoms with Crippen LogP contribution in [-0.2, 0) is 53.0 Å². The second-order valence-corrected chi connectivity index (χ2v) is 21.3. The summed E-state index contributed by atoms with van der Waals surface area (Å²) in [6, 6.07) is 17.0. The Morgan fingerprint density at radius 1 is 0.744 bits per heavy atom. The fourth-order valence-corrected chi connectivity index (χ4v) is 10.8. The van der Waals surface area contributed by atoms with Crippen molar-refractivity contribution in [1.82, 2.24) is 25.4 Å². The highest BCUT2D eigenvalue weighted by Gasteiger charge is 2.48. The summed E-state index contributed by atoms with van der Waals surface area (Å²) in [5.74, 6) is -2.64. The minimum absolute atomic E-state index is 0.0106. The van der Waals surface area contributed by atoms with Crippen molar-refractivity contribution in [3.63, 3.8) is 0 Å². The van der Waals surface area contributed by atoms with Crippen LogP contribution in [0.3, 0.4) is 0 Å². The first-order valence-corrected chi connectivity index (χ1v) is 29.0. The Kier molecular flexibility index (Phi) is 25.5. The Labute approximate surface area is 495 Å². The zero-order chi connectivity index (χ0) is 61.5. The number of aromatic nitrogens is 1. The van der Waals surface area contributed by atoms with E-state index in [1.54, 1.807) is 17.0 Å². The van der Waals surface area contributed by atoms with Gasteiger partial charge in [0.15, 0.2) is 0 Å². The van der Waals surface area contributed by atoms with E-state index in [4.69, 9.17) is 37.9 Å². The molecular weight excluding hydrogens is 1140 g/mol. The number of anilines is 2. The van der Waals surface area contributed by atoms with Crippen molar-refractivity contribution in [1.29, 1.82) is 0 Å². The summed E-state index contributed by atoms with van der Waals surface area (Å²) >= 11 is 0. The maximum absolute atomic E-state index is 13.8. The Morgan fingerprint density at radius 2 is 1.35 bits per heavy atom. The number of aryl methyl sites for hydroxylation is 1. The molecule has 2 fully saturated rings. The van der Waals surface area contributed by atoms with E-state index in [9.17, 15) is 52.6 Å². The van der Waals surface area contributed by atoms with Crippen molar-refractivity contribution in [3.05, 3.63) is 97.7 Å². The van der Waals surface area contributed by atoms with E-state index in [1.165, 1.54) is 23.3 Å². The molecule has 3 amide bonds. The quantitative estimate of drug-likeness (QED) is 0.0153. The molecule has 25 nitrogen and oxygen atoms in total. The average Bonchev–Trinajstić information content (AvgIpc) is 1.68. The standard InChI is InChI=1S/C58H78F3N9O16/c1-40-6-8-45-48(34-40)65-39-57(45)14-20-67(37-41(57)2)38-52(86-56(74)58(59,60)61)42-12-18-68(19-13-42)55(73)49-36-44-46(66-49)4-3-5-51(44)85-33-32-84-31-30-83-29-26-81-23-17-64-54(72)11-10-53(71)63-16-22-80-25-28-82-27-24-79-21-15-62-47-9-7-43(69(75)76)35-50(47)70(77)78/h3-9,34-36,41-42,52,62,65-66H,10-33,37-39H2,1-2H3,(H,63,71)(H,64,72)/t41-,52-,57+/m1/s1. The van der Waals surface area contributed by atoms with Gasteiger partial charge in [-0.05, 0) is 80.1 Å². The van der Waals surface area contributed by atoms with Gasteiger partial charge in [0.2, 0.25) is 11.8 Å². The van der Waals surface area contributed by atoms with Crippen LogP contribution in [0.15, 0.2) is 60.7 Å². The summed E-state index contributed by atoms with van der Waals surface area (Å²) in [6.45, 7) is 11.4. The molecule has 4 aromatic rings. The van der Waals surface area contributed by atoms with Gasteiger partial charge < -0.3 is 69.0 Å². The molecule has 0 bridgehead atoms. The van der Waals surface area contributed by atoms with Gasteiger partial charge >= 0.3 is 12.1 Å². The lowest BCUT2D eigenvalue weighted by atomic mass is 9.67. The largest absolute Gasteiger partial charge is 0.490 e. The number of hydrogen-bond acceptors (Lipinski definition) is 19. The van der Waals surface area contributed by atoms with E-state index in [0.29, 0.717) is 81.3 Å². The van der Waals surface area contributed by atoms with Crippen LogP contribution in [0.1, 0.15) is 60.6 Å². The number of aromatic amines is 1. The molecular formula is C58H78F3N9O16. The van der Waals surface area contributed by atoms with Crippen LogP contribution >= 0.6 is 0 Å². The molecule has 1 aromatic heterocycles. The number of benzene rings is 3. The second kappa shape index (κ2) is 33.1. The monoisotopic (exact) mass is 1210 g/mol. The SMILES string of the molecule is Cc1ccc2c(c1)NC[C@]21CCN(C[C@@H](OC(=O)C(F)(F)F)C2CCN(C(=O)c3cc4c(OCCOCCOCCOCCNC(=O)CCC(=O)NCCOCCOCCOCCNc5ccc([N+](=O)[O-])cc5[N+](=O)[O-])cccc4[nH]3)CC2)C[C@H]1C. The number of rotatable bonds is 36. The number of nitro benzene ring substituents is 2. The molecule has 0 aliphatic carbocycles. The van der Waals surface area contributed by atoms with Crippen molar-refractivity contribution in [2.24, 2.45) is 11.8 Å². The molecule has 0 radical (unpaired) electrons. The van der Waals surface area contributed by atoms with Crippen molar-refractivity contribution in [3.8, 4) is 5.75 Å². The highest BCUT2D eigenvalue weighted by atomic mass is 19.4. The number of fused-ring (bicyclic) bond motifs is 3. The number of H-pyrrole nitrogens is 1.